The highest BCUT2D eigenvalue weighted by molar-refractivity contribution is 7.80. The van der Waals surface area contributed by atoms with Gasteiger partial charge in [-0.15, -0.1) is 35.5 Å². The lowest BCUT2D eigenvalue weighted by Crippen LogP contribution is -2.40. The Morgan fingerprint density at radius 2 is 1.36 bits per heavy atom. The van der Waals surface area contributed by atoms with E-state index in [1.807, 2.05) is 29.4 Å². The van der Waals surface area contributed by atoms with Crippen molar-refractivity contribution in [2.75, 3.05) is 42.8 Å². The van der Waals surface area contributed by atoms with E-state index in [9.17, 15) is 0 Å². The van der Waals surface area contributed by atoms with Crippen molar-refractivity contribution < 1.29 is 4.84 Å². The maximum absolute atomic E-state index is 6.40. The monoisotopic (exact) mass is 602 g/mol. The summed E-state index contributed by atoms with van der Waals surface area (Å²) in [5, 5.41) is 13.0. The van der Waals surface area contributed by atoms with Crippen LogP contribution in [0.3, 0.4) is 0 Å². The first-order valence-electron chi connectivity index (χ1n) is 14.8. The number of rotatable bonds is 11. The molecule has 1 saturated carbocycles. The van der Waals surface area contributed by atoms with Gasteiger partial charge in [-0.1, -0.05) is 56.5 Å². The van der Waals surface area contributed by atoms with Crippen LogP contribution in [0.15, 0.2) is 83.1 Å². The number of thiol groups is 2. The normalized spacial score (nSPS) is 16.8. The van der Waals surface area contributed by atoms with E-state index in [4.69, 9.17) is 4.84 Å². The summed E-state index contributed by atoms with van der Waals surface area (Å²) in [7, 11) is 6.28. The Kier molecular flexibility index (Phi) is 10.0. The van der Waals surface area contributed by atoms with Crippen LogP contribution in [0, 0.1) is 0 Å². The molecular formula is C33H42N6OS2. The summed E-state index contributed by atoms with van der Waals surface area (Å²) in [6.07, 6.45) is 6.96. The number of benzene rings is 3. The fourth-order valence-electron chi connectivity index (χ4n) is 5.90. The summed E-state index contributed by atoms with van der Waals surface area (Å²) >= 11 is 8.95. The molecule has 0 N–H and O–H groups in total. The number of hydrogen-bond donors (Lipinski definition) is 2. The predicted molar refractivity (Wildman–Crippen MR) is 179 cm³/mol. The largest absolute Gasteiger partial charge is 0.378 e. The zero-order valence-electron chi connectivity index (χ0n) is 25.0. The SMILES string of the molecule is CCCCON(c1cccc(-n2c(S)nnc2S)c1)N(C)c1cccc(C2CCCCC2c2cccc(N(C)C)c2)c1. The minimum atomic E-state index is 0.471. The molecule has 0 amide bonds. The van der Waals surface area contributed by atoms with Crippen molar-refractivity contribution in [2.24, 2.45) is 0 Å². The molecule has 1 aliphatic rings. The lowest BCUT2D eigenvalue weighted by atomic mass is 9.72. The first-order chi connectivity index (χ1) is 20.4. The number of aromatic nitrogens is 3. The molecule has 4 aromatic rings. The van der Waals surface area contributed by atoms with Crippen LogP contribution in [0.5, 0.6) is 0 Å². The fourth-order valence-corrected chi connectivity index (χ4v) is 6.49. The highest BCUT2D eigenvalue weighted by atomic mass is 32.1. The number of hydrazine groups is 1. The average Bonchev–Trinajstić information content (AvgIpc) is 3.36. The Balaban J connectivity index is 1.46. The predicted octanol–water partition coefficient (Wildman–Crippen LogP) is 7.94. The van der Waals surface area contributed by atoms with Crippen molar-refractivity contribution in [1.29, 1.82) is 0 Å². The minimum Gasteiger partial charge on any atom is -0.378 e. The molecule has 1 heterocycles. The molecule has 0 spiro atoms. The van der Waals surface area contributed by atoms with Gasteiger partial charge >= 0.3 is 0 Å². The van der Waals surface area contributed by atoms with Gasteiger partial charge in [0.05, 0.1) is 23.7 Å². The van der Waals surface area contributed by atoms with Gasteiger partial charge in [0.15, 0.2) is 10.3 Å². The third kappa shape index (κ3) is 6.74. The molecule has 1 aliphatic carbocycles. The molecular weight excluding hydrogens is 561 g/mol. The van der Waals surface area contributed by atoms with Crippen molar-refractivity contribution in [3.63, 3.8) is 0 Å². The topological polar surface area (TPSA) is 49.7 Å². The number of anilines is 3. The Hall–Kier alpha value is -3.14. The van der Waals surface area contributed by atoms with Crippen molar-refractivity contribution in [3.8, 4) is 5.69 Å². The van der Waals surface area contributed by atoms with Crippen LogP contribution >= 0.6 is 25.3 Å². The standard InChI is InChI=1S/C33H42N6OS2/c1-5-6-20-40-39(29-17-11-16-28(23-29)38-32(41)34-35-33(38)42)37(4)27-15-10-13-25(22-27)31-19-8-7-18-30(31)24-12-9-14-26(21-24)36(2)3/h9-17,21-23,30-31H,5-8,18-20H2,1-4H3,(H,34,41)(H,35,42). The number of nitrogens with zero attached hydrogens (tertiary/aromatic N) is 6. The Morgan fingerprint density at radius 3 is 1.98 bits per heavy atom. The highest BCUT2D eigenvalue weighted by Crippen LogP contribution is 2.45. The molecule has 5 rings (SSSR count). The third-order valence-electron chi connectivity index (χ3n) is 8.17. The van der Waals surface area contributed by atoms with Crippen LogP contribution in [-0.2, 0) is 4.84 Å². The summed E-state index contributed by atoms with van der Waals surface area (Å²) in [6.45, 7) is 2.78. The van der Waals surface area contributed by atoms with E-state index in [1.54, 1.807) is 4.57 Å². The Labute approximate surface area is 261 Å². The first-order valence-corrected chi connectivity index (χ1v) is 15.7. The van der Waals surface area contributed by atoms with Crippen molar-refractivity contribution in [3.05, 3.63) is 83.9 Å². The van der Waals surface area contributed by atoms with E-state index in [0.29, 0.717) is 28.8 Å². The Bertz CT molecular complexity index is 1450. The molecule has 222 valence electrons. The van der Waals surface area contributed by atoms with Gasteiger partial charge in [-0.25, -0.2) is 0 Å². The Morgan fingerprint density at radius 1 is 0.786 bits per heavy atom. The lowest BCUT2D eigenvalue weighted by Gasteiger charge is -2.36. The number of unbranched alkanes of at least 4 members (excludes halogenated alkanes) is 1. The van der Waals surface area contributed by atoms with E-state index < -0.39 is 0 Å². The van der Waals surface area contributed by atoms with E-state index in [2.05, 4.69) is 122 Å². The molecule has 3 aromatic carbocycles. The van der Waals surface area contributed by atoms with Crippen molar-refractivity contribution in [2.45, 2.75) is 67.6 Å². The molecule has 2 unspecified atom stereocenters. The molecule has 1 fully saturated rings. The molecule has 9 heteroatoms. The maximum atomic E-state index is 6.40. The van der Waals surface area contributed by atoms with Crippen LogP contribution in [-0.4, -0.2) is 42.5 Å². The van der Waals surface area contributed by atoms with Crippen LogP contribution in [0.25, 0.3) is 5.69 Å². The van der Waals surface area contributed by atoms with Gasteiger partial charge in [-0.2, -0.15) is 5.17 Å². The molecule has 0 saturated heterocycles. The molecule has 1 aromatic heterocycles. The zero-order valence-corrected chi connectivity index (χ0v) is 26.8. The molecule has 0 radical (unpaired) electrons. The first kappa shape index (κ1) is 30.3. The smallest absolute Gasteiger partial charge is 0.193 e. The molecule has 0 aliphatic heterocycles. The summed E-state index contributed by atoms with van der Waals surface area (Å²) in [4.78, 5) is 8.60. The maximum Gasteiger partial charge on any atom is 0.193 e. The van der Waals surface area contributed by atoms with Crippen molar-refractivity contribution in [1.82, 2.24) is 14.8 Å². The molecule has 0 bridgehead atoms. The number of hydrogen-bond acceptors (Lipinski definition) is 8. The average molecular weight is 603 g/mol. The summed E-state index contributed by atoms with van der Waals surface area (Å²) in [5.41, 5.74) is 6.91. The molecule has 2 atom stereocenters. The summed E-state index contributed by atoms with van der Waals surface area (Å²) < 4.78 is 1.80. The van der Waals surface area contributed by atoms with Crippen LogP contribution in [0.2, 0.25) is 0 Å². The van der Waals surface area contributed by atoms with Gasteiger partial charge in [0.1, 0.15) is 0 Å². The van der Waals surface area contributed by atoms with E-state index in [1.165, 1.54) is 42.5 Å². The molecule has 42 heavy (non-hydrogen) atoms. The quantitative estimate of drug-likeness (QED) is 0.103. The second-order valence-electron chi connectivity index (χ2n) is 11.2. The third-order valence-corrected chi connectivity index (χ3v) is 8.75. The van der Waals surface area contributed by atoms with Gasteiger partial charge in [0.25, 0.3) is 0 Å². The summed E-state index contributed by atoms with van der Waals surface area (Å²) in [6, 6.07) is 26.1. The van der Waals surface area contributed by atoms with Crippen LogP contribution < -0.4 is 15.1 Å². The van der Waals surface area contributed by atoms with Crippen molar-refractivity contribution >= 4 is 42.3 Å². The van der Waals surface area contributed by atoms with Crippen LogP contribution in [0.1, 0.15) is 68.4 Å². The van der Waals surface area contributed by atoms with Gasteiger partial charge in [-0.3, -0.25) is 14.4 Å². The van der Waals surface area contributed by atoms with Crippen LogP contribution in [0.4, 0.5) is 17.1 Å². The van der Waals surface area contributed by atoms with E-state index in [0.717, 1.165) is 29.9 Å². The van der Waals surface area contributed by atoms with Gasteiger partial charge in [0.2, 0.25) is 0 Å². The van der Waals surface area contributed by atoms with Gasteiger partial charge in [0, 0.05) is 26.8 Å². The zero-order chi connectivity index (χ0) is 29.6. The van der Waals surface area contributed by atoms with Gasteiger partial charge in [-0.05, 0) is 84.7 Å². The fraction of sp³-hybridized carbons (Fsp3) is 0.394. The van der Waals surface area contributed by atoms with E-state index >= 15 is 0 Å². The van der Waals surface area contributed by atoms with Gasteiger partial charge < -0.3 is 4.90 Å². The minimum absolute atomic E-state index is 0.471. The highest BCUT2D eigenvalue weighted by Gasteiger charge is 2.29. The molecule has 7 nitrogen and oxygen atoms in total. The van der Waals surface area contributed by atoms with E-state index in [-0.39, 0.29) is 0 Å². The second kappa shape index (κ2) is 13.9. The second-order valence-corrected chi connectivity index (χ2v) is 12.0. The lowest BCUT2D eigenvalue weighted by molar-refractivity contribution is 0.102. The summed E-state index contributed by atoms with van der Waals surface area (Å²) in [5.74, 6) is 0.973.